The van der Waals surface area contributed by atoms with Crippen molar-refractivity contribution in [3.63, 3.8) is 0 Å². The van der Waals surface area contributed by atoms with E-state index in [9.17, 15) is 0 Å². The van der Waals surface area contributed by atoms with E-state index in [4.69, 9.17) is 49.0 Å². The van der Waals surface area contributed by atoms with E-state index in [-0.39, 0.29) is 33.6 Å². The fourth-order valence-corrected chi connectivity index (χ4v) is 11.7. The first kappa shape index (κ1) is 42.7. The fourth-order valence-electron chi connectivity index (χ4n) is 10.1. The van der Waals surface area contributed by atoms with E-state index >= 15 is 0 Å². The third-order valence-corrected chi connectivity index (χ3v) is 13.0. The largest absolute Gasteiger partial charge is 0.366 e. The number of halogens is 3. The molecule has 1 aromatic rings. The molecule has 0 N–H and O–H groups in total. The molecule has 0 amide bonds. The Morgan fingerprint density at radius 1 is 0.640 bits per heavy atom. The highest BCUT2D eigenvalue weighted by Gasteiger charge is 2.51. The Bertz CT molecular complexity index is 1100. The Morgan fingerprint density at radius 2 is 1.06 bits per heavy atom. The molecule has 0 saturated heterocycles. The third-order valence-electron chi connectivity index (χ3n) is 12.2. The molecule has 0 radical (unpaired) electrons. The lowest BCUT2D eigenvalue weighted by atomic mass is 9.49. The molecular formula is C44H73Cl3O3. The van der Waals surface area contributed by atoms with Gasteiger partial charge in [0.2, 0.25) is 0 Å². The predicted octanol–water partition coefficient (Wildman–Crippen LogP) is 13.6. The molecule has 5 saturated carbocycles. The van der Waals surface area contributed by atoms with E-state index < -0.39 is 0 Å². The van der Waals surface area contributed by atoms with E-state index in [2.05, 4.69) is 86.6 Å². The molecule has 4 bridgehead atoms. The number of alkyl halides is 3. The number of methoxy groups -OCH3 is 1. The summed E-state index contributed by atoms with van der Waals surface area (Å²) in [6.45, 7) is 20.3. The minimum Gasteiger partial charge on any atom is -0.366 e. The highest BCUT2D eigenvalue weighted by molar-refractivity contribution is 6.20. The Labute approximate surface area is 323 Å². The third kappa shape index (κ3) is 14.0. The van der Waals surface area contributed by atoms with Gasteiger partial charge in [-0.05, 0) is 153 Å². The maximum atomic E-state index is 6.30. The smallest absolute Gasteiger partial charge is 0.132 e. The van der Waals surface area contributed by atoms with E-state index in [0.717, 1.165) is 55.8 Å². The summed E-state index contributed by atoms with van der Waals surface area (Å²) in [5, 5.41) is 0. The molecule has 0 spiro atoms. The predicted molar refractivity (Wildman–Crippen MR) is 214 cm³/mol. The summed E-state index contributed by atoms with van der Waals surface area (Å²) in [5.41, 5.74) is 3.95. The highest BCUT2D eigenvalue weighted by Crippen LogP contribution is 2.61. The molecule has 6 aliphatic carbocycles. The molecule has 6 aliphatic rings. The lowest BCUT2D eigenvalue weighted by Crippen LogP contribution is -2.47. The molecule has 1 aromatic carbocycles. The maximum absolute atomic E-state index is 6.30. The number of benzene rings is 1. The van der Waals surface area contributed by atoms with Gasteiger partial charge in [0, 0.05) is 7.11 Å². The van der Waals surface area contributed by atoms with Gasteiger partial charge < -0.3 is 14.2 Å². The summed E-state index contributed by atoms with van der Waals surface area (Å²) in [6.07, 6.45) is 19.3. The van der Waals surface area contributed by atoms with Crippen molar-refractivity contribution in [2.45, 2.75) is 188 Å². The van der Waals surface area contributed by atoms with E-state index in [0.29, 0.717) is 16.9 Å². The van der Waals surface area contributed by atoms with Gasteiger partial charge in [-0.25, -0.2) is 0 Å². The van der Waals surface area contributed by atoms with Crippen LogP contribution in [0.15, 0.2) is 24.3 Å². The van der Waals surface area contributed by atoms with Gasteiger partial charge in [-0.15, -0.1) is 0 Å². The minimum absolute atomic E-state index is 0.0544. The fraction of sp³-hybridized carbons (Fsp3) is 0.864. The van der Waals surface area contributed by atoms with E-state index in [1.807, 2.05) is 0 Å². The molecule has 3 nitrogen and oxygen atoms in total. The molecule has 3 atom stereocenters. The molecule has 0 heterocycles. The zero-order chi connectivity index (χ0) is 36.9. The second-order valence-electron chi connectivity index (χ2n) is 20.5. The summed E-state index contributed by atoms with van der Waals surface area (Å²) in [7, 11) is 1.73. The van der Waals surface area contributed by atoms with Gasteiger partial charge >= 0.3 is 0 Å². The van der Waals surface area contributed by atoms with E-state index in [1.165, 1.54) is 75.3 Å². The molecule has 0 aliphatic heterocycles. The monoisotopic (exact) mass is 754 g/mol. The summed E-state index contributed by atoms with van der Waals surface area (Å²) in [4.78, 5) is 0. The van der Waals surface area contributed by atoms with Crippen LogP contribution in [0.4, 0.5) is 0 Å². The number of fused-ring (bicyclic) bond motifs is 1. The van der Waals surface area contributed by atoms with Gasteiger partial charge in [0.05, 0.1) is 12.2 Å². The lowest BCUT2D eigenvalue weighted by molar-refractivity contribution is -0.0708. The van der Waals surface area contributed by atoms with Crippen LogP contribution in [0.3, 0.4) is 0 Å². The Morgan fingerprint density at radius 3 is 1.44 bits per heavy atom. The average Bonchev–Trinajstić information content (AvgIpc) is 3.37. The zero-order valence-corrected chi connectivity index (χ0v) is 35.7. The molecule has 3 unspecified atom stereocenters. The van der Waals surface area contributed by atoms with Gasteiger partial charge in [0.25, 0.3) is 0 Å². The molecule has 0 aromatic heterocycles. The van der Waals surface area contributed by atoms with Crippen molar-refractivity contribution in [2.24, 2.45) is 45.3 Å². The summed E-state index contributed by atoms with van der Waals surface area (Å²) < 4.78 is 17.2. The standard InChI is InChI=1S/C16H31ClO.C15H21ClO.C13H21ClO/c1-15(2,3)11-14(17)18-13-9-7-12(8-10-13)16(4,5)6;1-15(2,3)10-14(16)17-13-8-11-6-4-5-7-12(11)9-13;1-15-12(14)8-13-5-9-2-10(6-13)4-11(3-9)7-13/h12-14H,7-11H2,1-6H3;4-7,13-14H,8-10H2,1-3H3;9-12H,2-8H2,1H3. The number of hydrogen-bond donors (Lipinski definition) is 0. The van der Waals surface area contributed by atoms with Crippen LogP contribution >= 0.6 is 34.8 Å². The van der Waals surface area contributed by atoms with Crippen molar-refractivity contribution in [1.82, 2.24) is 0 Å². The molecule has 6 heteroatoms. The normalized spacial score (nSPS) is 31.2. The maximum Gasteiger partial charge on any atom is 0.132 e. The SMILES string of the molecule is CC(C)(C)CC(Cl)OC1CCC(C(C)(C)C)CC1.CC(C)(C)CC(Cl)OC1Cc2ccccc2C1.COC(Cl)CC12CC3CC(CC(C3)C1)C2. The van der Waals surface area contributed by atoms with Crippen molar-refractivity contribution in [1.29, 1.82) is 0 Å². The number of rotatable bonds is 9. The second kappa shape index (κ2) is 18.1. The summed E-state index contributed by atoms with van der Waals surface area (Å²) >= 11 is 18.7. The Kier molecular flexibility index (Phi) is 15.4. The minimum atomic E-state index is -0.172. The van der Waals surface area contributed by atoms with Gasteiger partial charge in [0.15, 0.2) is 0 Å². The summed E-state index contributed by atoms with van der Waals surface area (Å²) in [6, 6.07) is 8.56. The number of hydrogen-bond acceptors (Lipinski definition) is 3. The zero-order valence-electron chi connectivity index (χ0n) is 33.5. The van der Waals surface area contributed by atoms with Gasteiger partial charge in [-0.2, -0.15) is 0 Å². The molecule has 7 rings (SSSR count). The van der Waals surface area contributed by atoms with Crippen LogP contribution in [0.1, 0.15) is 157 Å². The Balaban J connectivity index is 0.000000169. The van der Waals surface area contributed by atoms with Crippen LogP contribution < -0.4 is 0 Å². The second-order valence-corrected chi connectivity index (χ2v) is 22.0. The highest BCUT2D eigenvalue weighted by atomic mass is 35.5. The molecule has 5 fully saturated rings. The first-order valence-electron chi connectivity index (χ1n) is 20.0. The van der Waals surface area contributed by atoms with Crippen LogP contribution in [-0.2, 0) is 27.1 Å². The van der Waals surface area contributed by atoms with Crippen LogP contribution in [-0.4, -0.2) is 36.0 Å². The topological polar surface area (TPSA) is 27.7 Å². The van der Waals surface area contributed by atoms with Crippen LogP contribution in [0.2, 0.25) is 0 Å². The lowest BCUT2D eigenvalue weighted by Gasteiger charge is -2.57. The van der Waals surface area contributed by atoms with Crippen molar-refractivity contribution >= 4 is 34.8 Å². The van der Waals surface area contributed by atoms with Crippen molar-refractivity contribution in [3.8, 4) is 0 Å². The average molecular weight is 756 g/mol. The van der Waals surface area contributed by atoms with Gasteiger partial charge in [-0.3, -0.25) is 0 Å². The van der Waals surface area contributed by atoms with Crippen LogP contribution in [0.25, 0.3) is 0 Å². The first-order valence-corrected chi connectivity index (χ1v) is 21.3. The van der Waals surface area contributed by atoms with E-state index in [1.54, 1.807) is 7.11 Å². The van der Waals surface area contributed by atoms with Gasteiger partial charge in [-0.1, -0.05) is 121 Å². The first-order chi connectivity index (χ1) is 23.2. The molecule has 50 heavy (non-hydrogen) atoms. The summed E-state index contributed by atoms with van der Waals surface area (Å²) in [5.74, 6) is 3.92. The van der Waals surface area contributed by atoms with Crippen LogP contribution in [0, 0.1) is 45.3 Å². The van der Waals surface area contributed by atoms with Crippen molar-refractivity contribution < 1.29 is 14.2 Å². The van der Waals surface area contributed by atoms with Crippen molar-refractivity contribution in [2.75, 3.05) is 7.11 Å². The quantitative estimate of drug-likeness (QED) is 0.235. The van der Waals surface area contributed by atoms with Crippen LogP contribution in [0.5, 0.6) is 0 Å². The molecule has 288 valence electrons. The Hall–Kier alpha value is -0.0300. The van der Waals surface area contributed by atoms with Crippen molar-refractivity contribution in [3.05, 3.63) is 35.4 Å². The number of ether oxygens (including phenoxy) is 3. The van der Waals surface area contributed by atoms with Gasteiger partial charge in [0.1, 0.15) is 16.7 Å². The molecular weight excluding hydrogens is 683 g/mol.